The van der Waals surface area contributed by atoms with Crippen LogP contribution in [0.5, 0.6) is 0 Å². The second-order valence-corrected chi connectivity index (χ2v) is 7.96. The van der Waals surface area contributed by atoms with Crippen LogP contribution in [-0.2, 0) is 4.79 Å². The Kier molecular flexibility index (Phi) is 7.18. The number of likely N-dealkylation sites (N-methyl/N-ethyl adjacent to an activating group) is 1. The lowest BCUT2D eigenvalue weighted by Crippen LogP contribution is -2.36. The Balaban J connectivity index is 2.18. The average molecular weight is 401 g/mol. The highest BCUT2D eigenvalue weighted by Crippen LogP contribution is 2.24. The monoisotopic (exact) mass is 400 g/mol. The Morgan fingerprint density at radius 1 is 1.18 bits per heavy atom. The van der Waals surface area contributed by atoms with Gasteiger partial charge in [0.1, 0.15) is 10.9 Å². The number of rotatable bonds is 6. The largest absolute Gasteiger partial charge is 0.332 e. The fourth-order valence-electron chi connectivity index (χ4n) is 2.77. The lowest BCUT2D eigenvalue weighted by molar-refractivity contribution is -0.116. The van der Waals surface area contributed by atoms with Crippen LogP contribution in [0, 0.1) is 20.8 Å². The van der Waals surface area contributed by atoms with Gasteiger partial charge in [0.25, 0.3) is 5.91 Å². The zero-order chi connectivity index (χ0) is 21.0. The Hall–Kier alpha value is -2.41. The molecule has 0 saturated carbocycles. The first kappa shape index (κ1) is 21.9. The normalized spacial score (nSPS) is 10.9. The van der Waals surface area contributed by atoms with Gasteiger partial charge in [0.05, 0.1) is 17.8 Å². The highest BCUT2D eigenvalue weighted by Gasteiger charge is 2.23. The van der Waals surface area contributed by atoms with Crippen molar-refractivity contribution in [2.75, 3.05) is 25.2 Å². The molecule has 0 bridgehead atoms. The summed E-state index contributed by atoms with van der Waals surface area (Å²) < 4.78 is 0. The van der Waals surface area contributed by atoms with Crippen molar-refractivity contribution in [2.24, 2.45) is 0 Å². The fraction of sp³-hybridized carbons (Fsp3) is 0.429. The van der Waals surface area contributed by atoms with Crippen LogP contribution in [-0.4, -0.2) is 46.5 Å². The van der Waals surface area contributed by atoms with Gasteiger partial charge in [-0.2, -0.15) is 0 Å². The van der Waals surface area contributed by atoms with Crippen molar-refractivity contribution in [1.29, 1.82) is 0 Å². The van der Waals surface area contributed by atoms with Gasteiger partial charge < -0.3 is 10.2 Å². The van der Waals surface area contributed by atoms with E-state index in [2.05, 4.69) is 15.3 Å². The van der Waals surface area contributed by atoms with Gasteiger partial charge in [-0.1, -0.05) is 26.0 Å². The summed E-state index contributed by atoms with van der Waals surface area (Å²) in [6.45, 7) is 9.75. The number of aryl methyl sites for hydroxylation is 2. The molecule has 2 rings (SSSR count). The predicted octanol–water partition coefficient (Wildman–Crippen LogP) is 3.96. The first-order chi connectivity index (χ1) is 13.1. The molecule has 0 radical (unpaired) electrons. The molecule has 0 fully saturated rings. The molecule has 0 unspecified atom stereocenters. The molecule has 28 heavy (non-hydrogen) atoms. The second kappa shape index (κ2) is 9.19. The molecule has 7 heteroatoms. The van der Waals surface area contributed by atoms with Crippen LogP contribution >= 0.6 is 11.8 Å². The van der Waals surface area contributed by atoms with Crippen molar-refractivity contribution in [3.63, 3.8) is 0 Å². The van der Waals surface area contributed by atoms with E-state index in [4.69, 9.17) is 0 Å². The number of benzene rings is 1. The third-order valence-electron chi connectivity index (χ3n) is 4.60. The molecule has 1 aromatic heterocycles. The van der Waals surface area contributed by atoms with Gasteiger partial charge in [-0.25, -0.2) is 9.97 Å². The standard InChI is InChI=1S/C21H28N4O2S/c1-12(2)19-22-15(5)18(20(24-19)28-7)21(27)25(6)11-17(26)23-16-10-8-9-13(3)14(16)4/h8-10,12H,11H2,1-7H3,(H,23,26). The number of hydrogen-bond acceptors (Lipinski definition) is 5. The topological polar surface area (TPSA) is 75.2 Å². The maximum atomic E-state index is 13.0. The number of nitrogens with one attached hydrogen (secondary N) is 1. The first-order valence-electron chi connectivity index (χ1n) is 9.19. The molecule has 150 valence electrons. The van der Waals surface area contributed by atoms with Gasteiger partial charge in [0, 0.05) is 18.7 Å². The van der Waals surface area contributed by atoms with Gasteiger partial charge in [-0.05, 0) is 44.2 Å². The minimum absolute atomic E-state index is 0.0502. The quantitative estimate of drug-likeness (QED) is 0.587. The van der Waals surface area contributed by atoms with Crippen molar-refractivity contribution < 1.29 is 9.59 Å². The third-order valence-corrected chi connectivity index (χ3v) is 5.29. The molecular weight excluding hydrogens is 372 g/mol. The van der Waals surface area contributed by atoms with Crippen LogP contribution in [0.4, 0.5) is 5.69 Å². The molecule has 2 aromatic rings. The van der Waals surface area contributed by atoms with Gasteiger partial charge in [0.2, 0.25) is 5.91 Å². The number of amides is 2. The summed E-state index contributed by atoms with van der Waals surface area (Å²) >= 11 is 1.41. The molecule has 6 nitrogen and oxygen atoms in total. The van der Waals surface area contributed by atoms with Crippen molar-refractivity contribution in [3.05, 3.63) is 46.4 Å². The van der Waals surface area contributed by atoms with E-state index < -0.39 is 0 Å². The van der Waals surface area contributed by atoms with Crippen molar-refractivity contribution in [2.45, 2.75) is 45.6 Å². The van der Waals surface area contributed by atoms with E-state index in [9.17, 15) is 9.59 Å². The van der Waals surface area contributed by atoms with Gasteiger partial charge in [-0.15, -0.1) is 11.8 Å². The SMILES string of the molecule is CSc1nc(C(C)C)nc(C)c1C(=O)N(C)CC(=O)Nc1cccc(C)c1C. The maximum absolute atomic E-state index is 13.0. The molecule has 0 atom stereocenters. The zero-order valence-electron chi connectivity index (χ0n) is 17.6. The number of nitrogens with zero attached hydrogens (tertiary/aromatic N) is 3. The molecule has 2 amide bonds. The van der Waals surface area contributed by atoms with E-state index in [1.54, 1.807) is 7.05 Å². The van der Waals surface area contributed by atoms with Crippen LogP contribution in [0.1, 0.15) is 52.8 Å². The van der Waals surface area contributed by atoms with E-state index in [1.165, 1.54) is 16.7 Å². The average Bonchev–Trinajstić information content (AvgIpc) is 2.63. The summed E-state index contributed by atoms with van der Waals surface area (Å²) in [5.74, 6) is 0.393. The highest BCUT2D eigenvalue weighted by molar-refractivity contribution is 7.98. The van der Waals surface area contributed by atoms with Crippen LogP contribution in [0.2, 0.25) is 0 Å². The fourth-order valence-corrected chi connectivity index (χ4v) is 3.40. The molecule has 1 aromatic carbocycles. The van der Waals surface area contributed by atoms with E-state index in [0.29, 0.717) is 22.1 Å². The van der Waals surface area contributed by atoms with E-state index in [-0.39, 0.29) is 24.3 Å². The number of thioether (sulfide) groups is 1. The van der Waals surface area contributed by atoms with Crippen LogP contribution in [0.25, 0.3) is 0 Å². The Labute approximate surface area is 171 Å². The maximum Gasteiger partial charge on any atom is 0.258 e. The number of carbonyl (C=O) groups is 2. The van der Waals surface area contributed by atoms with E-state index >= 15 is 0 Å². The highest BCUT2D eigenvalue weighted by atomic mass is 32.2. The van der Waals surface area contributed by atoms with Gasteiger partial charge in [-0.3, -0.25) is 9.59 Å². The minimum Gasteiger partial charge on any atom is -0.332 e. The molecule has 0 spiro atoms. The zero-order valence-corrected chi connectivity index (χ0v) is 18.4. The lowest BCUT2D eigenvalue weighted by Gasteiger charge is -2.20. The third kappa shape index (κ3) is 4.90. The summed E-state index contributed by atoms with van der Waals surface area (Å²) in [7, 11) is 1.62. The summed E-state index contributed by atoms with van der Waals surface area (Å²) in [5.41, 5.74) is 3.97. The van der Waals surface area contributed by atoms with Crippen LogP contribution in [0.3, 0.4) is 0 Å². The first-order valence-corrected chi connectivity index (χ1v) is 10.4. The van der Waals surface area contributed by atoms with Gasteiger partial charge >= 0.3 is 0 Å². The molecule has 1 N–H and O–H groups in total. The molecule has 0 aliphatic rings. The number of carbonyl (C=O) groups excluding carboxylic acids is 2. The number of hydrogen-bond donors (Lipinski definition) is 1. The molecule has 0 aliphatic heterocycles. The molecule has 0 saturated heterocycles. The second-order valence-electron chi connectivity index (χ2n) is 7.16. The van der Waals surface area contributed by atoms with Crippen molar-refractivity contribution in [1.82, 2.24) is 14.9 Å². The van der Waals surface area contributed by atoms with Crippen molar-refractivity contribution >= 4 is 29.3 Å². The van der Waals surface area contributed by atoms with E-state index in [1.807, 2.05) is 59.1 Å². The lowest BCUT2D eigenvalue weighted by atomic mass is 10.1. The van der Waals surface area contributed by atoms with Crippen LogP contribution < -0.4 is 5.32 Å². The number of anilines is 1. The van der Waals surface area contributed by atoms with Crippen LogP contribution in [0.15, 0.2) is 23.2 Å². The Morgan fingerprint density at radius 3 is 2.46 bits per heavy atom. The molecule has 1 heterocycles. The smallest absolute Gasteiger partial charge is 0.258 e. The number of aromatic nitrogens is 2. The summed E-state index contributed by atoms with van der Waals surface area (Å²) in [6.07, 6.45) is 1.88. The Morgan fingerprint density at radius 2 is 1.86 bits per heavy atom. The molecule has 0 aliphatic carbocycles. The summed E-state index contributed by atoms with van der Waals surface area (Å²) in [5, 5.41) is 3.53. The van der Waals surface area contributed by atoms with Crippen molar-refractivity contribution in [3.8, 4) is 0 Å². The predicted molar refractivity (Wildman–Crippen MR) is 114 cm³/mol. The Bertz CT molecular complexity index is 896. The van der Waals surface area contributed by atoms with Gasteiger partial charge in [0.15, 0.2) is 0 Å². The summed E-state index contributed by atoms with van der Waals surface area (Å²) in [6, 6.07) is 5.75. The minimum atomic E-state index is -0.256. The molecular formula is C21H28N4O2S. The van der Waals surface area contributed by atoms with E-state index in [0.717, 1.165) is 16.8 Å². The summed E-state index contributed by atoms with van der Waals surface area (Å²) in [4.78, 5) is 35.9.